The van der Waals surface area contributed by atoms with E-state index in [1.165, 1.54) is 47.8 Å². The van der Waals surface area contributed by atoms with Crippen LogP contribution in [0.25, 0.3) is 0 Å². The van der Waals surface area contributed by atoms with E-state index < -0.39 is 10.0 Å². The molecule has 2 rings (SSSR count). The maximum Gasteiger partial charge on any atom is 0.243 e. The molecule has 0 radical (unpaired) electrons. The van der Waals surface area contributed by atoms with Crippen LogP contribution in [0.2, 0.25) is 0 Å². The monoisotopic (exact) mass is 377 g/mol. The van der Waals surface area contributed by atoms with E-state index in [1.807, 2.05) is 6.07 Å². The Morgan fingerprint density at radius 2 is 1.65 bits per heavy atom. The molecular formula is C19H27N3O3S. The van der Waals surface area contributed by atoms with Crippen molar-refractivity contribution in [2.75, 3.05) is 26.2 Å². The molecule has 1 heterocycles. The minimum atomic E-state index is -3.58. The third-order valence-corrected chi connectivity index (χ3v) is 6.62. The van der Waals surface area contributed by atoms with Crippen molar-refractivity contribution in [3.63, 3.8) is 0 Å². The van der Waals surface area contributed by atoms with Gasteiger partial charge in [0, 0.05) is 32.6 Å². The quantitative estimate of drug-likeness (QED) is 0.652. The zero-order valence-electron chi connectivity index (χ0n) is 15.4. The average molecular weight is 378 g/mol. The number of carbonyl (C=O) groups excluding carboxylic acids is 1. The fourth-order valence-corrected chi connectivity index (χ4v) is 4.49. The predicted molar refractivity (Wildman–Crippen MR) is 99.9 cm³/mol. The molecule has 0 aromatic heterocycles. The van der Waals surface area contributed by atoms with Crippen molar-refractivity contribution in [2.45, 2.75) is 50.3 Å². The molecule has 0 atom stereocenters. The Kier molecular flexibility index (Phi) is 7.61. The number of unbranched alkanes of at least 4 members (excludes halogenated alkanes) is 4. The highest BCUT2D eigenvalue weighted by molar-refractivity contribution is 7.89. The Morgan fingerprint density at radius 3 is 2.23 bits per heavy atom. The Balaban J connectivity index is 1.85. The van der Waals surface area contributed by atoms with E-state index >= 15 is 0 Å². The first-order chi connectivity index (χ1) is 12.5. The molecule has 1 aromatic rings. The Labute approximate surface area is 156 Å². The molecular weight excluding hydrogens is 350 g/mol. The summed E-state index contributed by atoms with van der Waals surface area (Å²) >= 11 is 0. The zero-order chi connectivity index (χ0) is 19.0. The summed E-state index contributed by atoms with van der Waals surface area (Å²) in [7, 11) is -3.58. The van der Waals surface area contributed by atoms with E-state index in [0.29, 0.717) is 38.2 Å². The van der Waals surface area contributed by atoms with Gasteiger partial charge in [-0.2, -0.15) is 9.57 Å². The molecule has 1 saturated heterocycles. The summed E-state index contributed by atoms with van der Waals surface area (Å²) in [4.78, 5) is 14.2. The first-order valence-electron chi connectivity index (χ1n) is 9.27. The molecule has 6 nitrogen and oxygen atoms in total. The van der Waals surface area contributed by atoms with Gasteiger partial charge in [-0.15, -0.1) is 0 Å². The minimum absolute atomic E-state index is 0.122. The summed E-state index contributed by atoms with van der Waals surface area (Å²) in [5.74, 6) is 0.122. The predicted octanol–water partition coefficient (Wildman–Crippen LogP) is 2.75. The minimum Gasteiger partial charge on any atom is -0.340 e. The Morgan fingerprint density at radius 1 is 1.04 bits per heavy atom. The van der Waals surface area contributed by atoms with Crippen LogP contribution in [-0.4, -0.2) is 49.7 Å². The van der Waals surface area contributed by atoms with Crippen LogP contribution in [0, 0.1) is 11.3 Å². The van der Waals surface area contributed by atoms with E-state index in [1.54, 1.807) is 4.90 Å². The van der Waals surface area contributed by atoms with Gasteiger partial charge in [-0.25, -0.2) is 8.42 Å². The van der Waals surface area contributed by atoms with Crippen LogP contribution in [0.3, 0.4) is 0 Å². The number of nitrogens with zero attached hydrogens (tertiary/aromatic N) is 3. The lowest BCUT2D eigenvalue weighted by Crippen LogP contribution is -2.50. The molecule has 1 aliphatic heterocycles. The topological polar surface area (TPSA) is 81.5 Å². The lowest BCUT2D eigenvalue weighted by Gasteiger charge is -2.34. The maximum absolute atomic E-state index is 12.7. The van der Waals surface area contributed by atoms with Crippen LogP contribution in [0.5, 0.6) is 0 Å². The van der Waals surface area contributed by atoms with Crippen LogP contribution in [0.1, 0.15) is 51.0 Å². The van der Waals surface area contributed by atoms with Gasteiger partial charge in [0.1, 0.15) is 0 Å². The molecule has 0 saturated carbocycles. The van der Waals surface area contributed by atoms with Crippen LogP contribution in [0.4, 0.5) is 0 Å². The molecule has 7 heteroatoms. The van der Waals surface area contributed by atoms with Crippen LogP contribution in [0.15, 0.2) is 29.2 Å². The highest BCUT2D eigenvalue weighted by Crippen LogP contribution is 2.19. The number of sulfonamides is 1. The second kappa shape index (κ2) is 9.70. The van der Waals surface area contributed by atoms with Crippen molar-refractivity contribution >= 4 is 15.9 Å². The van der Waals surface area contributed by atoms with Gasteiger partial charge in [-0.3, -0.25) is 4.79 Å². The van der Waals surface area contributed by atoms with Gasteiger partial charge in [-0.05, 0) is 30.7 Å². The third-order valence-electron chi connectivity index (χ3n) is 4.71. The average Bonchev–Trinajstić information content (AvgIpc) is 2.67. The number of hydrogen-bond donors (Lipinski definition) is 0. The fraction of sp³-hybridized carbons (Fsp3) is 0.579. The van der Waals surface area contributed by atoms with E-state index in [-0.39, 0.29) is 10.8 Å². The van der Waals surface area contributed by atoms with Crippen LogP contribution in [-0.2, 0) is 14.8 Å². The van der Waals surface area contributed by atoms with Crippen molar-refractivity contribution in [1.29, 1.82) is 5.26 Å². The molecule has 0 spiro atoms. The van der Waals surface area contributed by atoms with Gasteiger partial charge >= 0.3 is 0 Å². The van der Waals surface area contributed by atoms with Crippen molar-refractivity contribution in [1.82, 2.24) is 9.21 Å². The van der Waals surface area contributed by atoms with Gasteiger partial charge in [0.05, 0.1) is 16.5 Å². The summed E-state index contributed by atoms with van der Waals surface area (Å²) in [6.07, 6.45) is 6.09. The molecule has 0 unspecified atom stereocenters. The molecule has 142 valence electrons. The largest absolute Gasteiger partial charge is 0.340 e. The van der Waals surface area contributed by atoms with E-state index in [2.05, 4.69) is 6.92 Å². The number of amides is 1. The number of benzene rings is 1. The molecule has 1 aromatic carbocycles. The Hall–Kier alpha value is -1.91. The SMILES string of the molecule is CCCCCCCC(=O)N1CCN(S(=O)(=O)c2ccc(C#N)cc2)CC1. The summed E-state index contributed by atoms with van der Waals surface area (Å²) < 4.78 is 26.8. The third kappa shape index (κ3) is 5.29. The summed E-state index contributed by atoms with van der Waals surface area (Å²) in [6.45, 7) is 3.65. The highest BCUT2D eigenvalue weighted by Gasteiger charge is 2.29. The number of rotatable bonds is 8. The van der Waals surface area contributed by atoms with Crippen molar-refractivity contribution in [3.8, 4) is 6.07 Å². The van der Waals surface area contributed by atoms with E-state index in [0.717, 1.165) is 12.8 Å². The van der Waals surface area contributed by atoms with Crippen molar-refractivity contribution in [2.24, 2.45) is 0 Å². The summed E-state index contributed by atoms with van der Waals surface area (Å²) in [6, 6.07) is 7.91. The molecule has 1 amide bonds. The summed E-state index contributed by atoms with van der Waals surface area (Å²) in [5, 5.41) is 8.82. The maximum atomic E-state index is 12.7. The standard InChI is InChI=1S/C19H27N3O3S/c1-2-3-4-5-6-7-19(23)21-12-14-22(15-13-21)26(24,25)18-10-8-17(16-20)9-11-18/h8-11H,2-7,12-15H2,1H3. The zero-order valence-corrected chi connectivity index (χ0v) is 16.2. The van der Waals surface area contributed by atoms with Gasteiger partial charge in [-0.1, -0.05) is 32.6 Å². The first kappa shape index (κ1) is 20.4. The number of nitriles is 1. The lowest BCUT2D eigenvalue weighted by molar-refractivity contribution is -0.132. The van der Waals surface area contributed by atoms with Gasteiger partial charge < -0.3 is 4.90 Å². The molecule has 1 aliphatic rings. The number of hydrogen-bond acceptors (Lipinski definition) is 4. The van der Waals surface area contributed by atoms with Gasteiger partial charge in [0.25, 0.3) is 0 Å². The van der Waals surface area contributed by atoms with E-state index in [4.69, 9.17) is 5.26 Å². The van der Waals surface area contributed by atoms with Gasteiger partial charge in [0.15, 0.2) is 0 Å². The van der Waals surface area contributed by atoms with Crippen LogP contribution >= 0.6 is 0 Å². The molecule has 26 heavy (non-hydrogen) atoms. The molecule has 1 fully saturated rings. The second-order valence-corrected chi connectivity index (χ2v) is 8.52. The van der Waals surface area contributed by atoms with Crippen molar-refractivity contribution in [3.05, 3.63) is 29.8 Å². The van der Waals surface area contributed by atoms with Gasteiger partial charge in [0.2, 0.25) is 15.9 Å². The molecule has 0 bridgehead atoms. The highest BCUT2D eigenvalue weighted by atomic mass is 32.2. The smallest absolute Gasteiger partial charge is 0.243 e. The number of piperazine rings is 1. The van der Waals surface area contributed by atoms with Crippen molar-refractivity contribution < 1.29 is 13.2 Å². The first-order valence-corrected chi connectivity index (χ1v) is 10.7. The normalized spacial score (nSPS) is 15.6. The molecule has 0 N–H and O–H groups in total. The number of carbonyl (C=O) groups is 1. The van der Waals surface area contributed by atoms with E-state index in [9.17, 15) is 13.2 Å². The van der Waals surface area contributed by atoms with Crippen LogP contribution < -0.4 is 0 Å². The fourth-order valence-electron chi connectivity index (χ4n) is 3.07. The second-order valence-electron chi connectivity index (χ2n) is 6.59. The molecule has 0 aliphatic carbocycles. The Bertz CT molecular complexity index is 730. The summed E-state index contributed by atoms with van der Waals surface area (Å²) in [5.41, 5.74) is 0.429. The lowest BCUT2D eigenvalue weighted by atomic mass is 10.1.